The zero-order chi connectivity index (χ0) is 25.4. The summed E-state index contributed by atoms with van der Waals surface area (Å²) in [6.07, 6.45) is 0. The van der Waals surface area contributed by atoms with Crippen LogP contribution in [0.1, 0.15) is 13.8 Å². The second kappa shape index (κ2) is 9.08. The van der Waals surface area contributed by atoms with Crippen molar-refractivity contribution in [2.45, 2.75) is 24.3 Å². The summed E-state index contributed by atoms with van der Waals surface area (Å²) < 4.78 is 52.8. The molecule has 35 heavy (non-hydrogen) atoms. The zero-order valence-corrected chi connectivity index (χ0v) is 20.1. The van der Waals surface area contributed by atoms with Crippen molar-refractivity contribution in [2.24, 2.45) is 0 Å². The maximum atomic E-state index is 14.2. The highest BCUT2D eigenvalue weighted by Crippen LogP contribution is 2.35. The number of aromatic amines is 1. The van der Waals surface area contributed by atoms with Crippen molar-refractivity contribution in [3.8, 4) is 22.6 Å². The molecular formula is C24H25FN4O5S. The summed E-state index contributed by atoms with van der Waals surface area (Å²) in [6.45, 7) is 3.30. The highest BCUT2D eigenvalue weighted by molar-refractivity contribution is 7.92. The quantitative estimate of drug-likeness (QED) is 0.288. The number of methoxy groups -OCH3 is 1. The number of nitrogens with two attached hydrogens (primary N) is 1. The Labute approximate surface area is 201 Å². The molecule has 11 heteroatoms. The molecule has 0 aliphatic rings. The number of ether oxygens (including phenoxy) is 2. The lowest BCUT2D eigenvalue weighted by molar-refractivity contribution is 0.0290. The molecule has 9 nitrogen and oxygen atoms in total. The SMILES string of the molecule is COc1ccc(F)c(S(=O)(=O)Nc2ccc(-c3cc(OCC(C)(C)O)c4c(N)n[nH]c4c3)cc2)c1. The Kier molecular flexibility index (Phi) is 6.30. The average Bonchev–Trinajstić information content (AvgIpc) is 3.18. The summed E-state index contributed by atoms with van der Waals surface area (Å²) in [5.74, 6) is 0.0520. The second-order valence-electron chi connectivity index (χ2n) is 8.59. The first-order valence-electron chi connectivity index (χ1n) is 10.6. The van der Waals surface area contributed by atoms with Crippen LogP contribution in [0.4, 0.5) is 15.9 Å². The van der Waals surface area contributed by atoms with E-state index in [0.717, 1.165) is 23.3 Å². The number of nitrogens with zero attached hydrogens (tertiary/aromatic N) is 1. The summed E-state index contributed by atoms with van der Waals surface area (Å²) in [6, 6.07) is 13.6. The number of sulfonamides is 1. The van der Waals surface area contributed by atoms with Crippen LogP contribution in [0.3, 0.4) is 0 Å². The van der Waals surface area contributed by atoms with Gasteiger partial charge < -0.3 is 20.3 Å². The Hall–Kier alpha value is -3.83. The van der Waals surface area contributed by atoms with Crippen molar-refractivity contribution in [1.82, 2.24) is 10.2 Å². The minimum absolute atomic E-state index is 0.0394. The normalized spacial score (nSPS) is 12.0. The van der Waals surface area contributed by atoms with E-state index < -0.39 is 26.3 Å². The highest BCUT2D eigenvalue weighted by Gasteiger charge is 2.21. The van der Waals surface area contributed by atoms with E-state index in [1.165, 1.54) is 13.2 Å². The number of nitrogen functional groups attached to an aromatic ring is 1. The molecule has 184 valence electrons. The van der Waals surface area contributed by atoms with E-state index >= 15 is 0 Å². The lowest BCUT2D eigenvalue weighted by Gasteiger charge is -2.19. The van der Waals surface area contributed by atoms with Gasteiger partial charge in [0.25, 0.3) is 10.0 Å². The van der Waals surface area contributed by atoms with Crippen LogP contribution in [0.25, 0.3) is 22.0 Å². The molecule has 0 bridgehead atoms. The first kappa shape index (κ1) is 24.3. The Morgan fingerprint density at radius 3 is 2.49 bits per heavy atom. The zero-order valence-electron chi connectivity index (χ0n) is 19.3. The first-order valence-corrected chi connectivity index (χ1v) is 12.0. The predicted molar refractivity (Wildman–Crippen MR) is 131 cm³/mol. The van der Waals surface area contributed by atoms with Crippen molar-refractivity contribution in [3.63, 3.8) is 0 Å². The van der Waals surface area contributed by atoms with Gasteiger partial charge in [-0.3, -0.25) is 9.82 Å². The minimum Gasteiger partial charge on any atom is -0.497 e. The van der Waals surface area contributed by atoms with Crippen LogP contribution in [-0.4, -0.2) is 43.0 Å². The summed E-state index contributed by atoms with van der Waals surface area (Å²) in [7, 11) is -2.82. The molecule has 4 aromatic rings. The van der Waals surface area contributed by atoms with Crippen LogP contribution in [0, 0.1) is 5.82 Å². The second-order valence-corrected chi connectivity index (χ2v) is 10.2. The molecule has 0 unspecified atom stereocenters. The van der Waals surface area contributed by atoms with Gasteiger partial charge in [0.15, 0.2) is 5.82 Å². The molecule has 0 spiro atoms. The van der Waals surface area contributed by atoms with E-state index in [0.29, 0.717) is 16.7 Å². The molecule has 0 amide bonds. The molecule has 0 saturated heterocycles. The molecule has 0 atom stereocenters. The van der Waals surface area contributed by atoms with Crippen molar-refractivity contribution in [1.29, 1.82) is 0 Å². The van der Waals surface area contributed by atoms with Crippen LogP contribution in [0.15, 0.2) is 59.5 Å². The van der Waals surface area contributed by atoms with Crippen LogP contribution in [0.5, 0.6) is 11.5 Å². The van der Waals surface area contributed by atoms with Gasteiger partial charge in [0.2, 0.25) is 0 Å². The summed E-state index contributed by atoms with van der Waals surface area (Å²) in [5.41, 5.74) is 7.32. The molecule has 5 N–H and O–H groups in total. The number of fused-ring (bicyclic) bond motifs is 1. The van der Waals surface area contributed by atoms with E-state index in [1.54, 1.807) is 44.2 Å². The molecule has 1 heterocycles. The Balaban J connectivity index is 1.63. The topological polar surface area (TPSA) is 140 Å². The molecule has 0 radical (unpaired) electrons. The largest absolute Gasteiger partial charge is 0.497 e. The number of anilines is 2. The summed E-state index contributed by atoms with van der Waals surface area (Å²) >= 11 is 0. The van der Waals surface area contributed by atoms with E-state index in [4.69, 9.17) is 15.2 Å². The number of nitrogens with one attached hydrogen (secondary N) is 2. The fraction of sp³-hybridized carbons (Fsp3) is 0.208. The van der Waals surface area contributed by atoms with Gasteiger partial charge in [0.05, 0.1) is 23.6 Å². The first-order chi connectivity index (χ1) is 16.5. The third-order valence-corrected chi connectivity index (χ3v) is 6.53. The molecule has 4 rings (SSSR count). The van der Waals surface area contributed by atoms with Crippen LogP contribution < -0.4 is 19.9 Å². The van der Waals surface area contributed by atoms with Crippen LogP contribution >= 0.6 is 0 Å². The third-order valence-electron chi connectivity index (χ3n) is 5.13. The summed E-state index contributed by atoms with van der Waals surface area (Å²) in [4.78, 5) is -0.517. The number of H-pyrrole nitrogens is 1. The van der Waals surface area contributed by atoms with Gasteiger partial charge in [-0.25, -0.2) is 12.8 Å². The van der Waals surface area contributed by atoms with Gasteiger partial charge in [-0.2, -0.15) is 5.10 Å². The fourth-order valence-corrected chi connectivity index (χ4v) is 4.59. The molecule has 1 aromatic heterocycles. The molecule has 0 fully saturated rings. The monoisotopic (exact) mass is 500 g/mol. The molecule has 0 saturated carbocycles. The number of aromatic nitrogens is 2. The van der Waals surface area contributed by atoms with Gasteiger partial charge in [0, 0.05) is 11.8 Å². The summed E-state index contributed by atoms with van der Waals surface area (Å²) in [5, 5.41) is 17.5. The predicted octanol–water partition coefficient (Wildman–Crippen LogP) is 3.91. The lowest BCUT2D eigenvalue weighted by atomic mass is 10.0. The van der Waals surface area contributed by atoms with E-state index in [9.17, 15) is 17.9 Å². The number of hydrogen-bond donors (Lipinski definition) is 4. The lowest BCUT2D eigenvalue weighted by Crippen LogP contribution is -2.27. The van der Waals surface area contributed by atoms with Crippen molar-refractivity contribution >= 4 is 32.4 Å². The van der Waals surface area contributed by atoms with Crippen molar-refractivity contribution < 1.29 is 27.4 Å². The number of rotatable bonds is 8. The maximum Gasteiger partial charge on any atom is 0.264 e. The Morgan fingerprint density at radius 1 is 1.11 bits per heavy atom. The van der Waals surface area contributed by atoms with Gasteiger partial charge in [-0.05, 0) is 61.4 Å². The fourth-order valence-electron chi connectivity index (χ4n) is 3.44. The number of benzene rings is 3. The molecule has 0 aliphatic carbocycles. The van der Waals surface area contributed by atoms with Crippen LogP contribution in [0.2, 0.25) is 0 Å². The number of halogens is 1. The third kappa shape index (κ3) is 5.31. The Bertz CT molecular complexity index is 1480. The number of hydrogen-bond acceptors (Lipinski definition) is 7. The van der Waals surface area contributed by atoms with Crippen LogP contribution in [-0.2, 0) is 10.0 Å². The standard InChI is InChI=1S/C24H25FN4O5S/c1-24(2,30)13-34-20-11-15(10-19-22(20)23(26)28-27-19)14-4-6-16(7-5-14)29-35(31,32)21-12-17(33-3)8-9-18(21)25/h4-12,29-30H,13H2,1-3H3,(H3,26,27,28). The van der Waals surface area contributed by atoms with E-state index in [-0.39, 0.29) is 23.9 Å². The van der Waals surface area contributed by atoms with Gasteiger partial charge in [-0.15, -0.1) is 0 Å². The van der Waals surface area contributed by atoms with Crippen molar-refractivity contribution in [3.05, 3.63) is 60.4 Å². The smallest absolute Gasteiger partial charge is 0.264 e. The maximum absolute atomic E-state index is 14.2. The minimum atomic E-state index is -4.18. The number of aliphatic hydroxyl groups is 1. The average molecular weight is 501 g/mol. The highest BCUT2D eigenvalue weighted by atomic mass is 32.2. The van der Waals surface area contributed by atoms with E-state index in [2.05, 4.69) is 14.9 Å². The van der Waals surface area contributed by atoms with Gasteiger partial charge in [0.1, 0.15) is 28.8 Å². The molecule has 3 aromatic carbocycles. The van der Waals surface area contributed by atoms with Crippen molar-refractivity contribution in [2.75, 3.05) is 24.2 Å². The molecular weight excluding hydrogens is 475 g/mol. The van der Waals surface area contributed by atoms with Gasteiger partial charge in [-0.1, -0.05) is 12.1 Å². The molecule has 0 aliphatic heterocycles. The van der Waals surface area contributed by atoms with Gasteiger partial charge >= 0.3 is 0 Å². The Morgan fingerprint density at radius 2 is 1.83 bits per heavy atom. The van der Waals surface area contributed by atoms with E-state index in [1.807, 2.05) is 6.07 Å².